The van der Waals surface area contributed by atoms with E-state index in [9.17, 15) is 4.39 Å². The summed E-state index contributed by atoms with van der Waals surface area (Å²) < 4.78 is 23.6. The van der Waals surface area contributed by atoms with Crippen molar-refractivity contribution in [1.29, 1.82) is 0 Å². The van der Waals surface area contributed by atoms with Crippen LogP contribution in [-0.4, -0.2) is 38.9 Å². The van der Waals surface area contributed by atoms with Crippen LogP contribution >= 0.6 is 0 Å². The summed E-state index contributed by atoms with van der Waals surface area (Å²) in [4.78, 5) is 2.54. The van der Waals surface area contributed by atoms with E-state index in [4.69, 9.17) is 9.47 Å². The quantitative estimate of drug-likeness (QED) is 0.532. The third-order valence-corrected chi connectivity index (χ3v) is 5.50. The van der Waals surface area contributed by atoms with E-state index in [0.29, 0.717) is 12.3 Å². The molecule has 0 spiro atoms. The molecule has 156 valence electrons. The molecule has 1 aliphatic rings. The van der Waals surface area contributed by atoms with E-state index in [-0.39, 0.29) is 12.1 Å². The van der Waals surface area contributed by atoms with Crippen molar-refractivity contribution in [1.82, 2.24) is 4.90 Å². The lowest BCUT2D eigenvalue weighted by Gasteiger charge is -2.35. The number of benzene rings is 1. The largest absolute Gasteiger partial charge is 0.493 e. The van der Waals surface area contributed by atoms with Gasteiger partial charge in [-0.1, -0.05) is 41.0 Å². The molecular formula is C23H40FNO2. The van der Waals surface area contributed by atoms with Gasteiger partial charge >= 0.3 is 0 Å². The molecule has 0 aliphatic carbocycles. The van der Waals surface area contributed by atoms with Crippen LogP contribution in [0.3, 0.4) is 0 Å². The third kappa shape index (κ3) is 6.99. The van der Waals surface area contributed by atoms with Crippen LogP contribution in [0.2, 0.25) is 0 Å². The summed E-state index contributed by atoms with van der Waals surface area (Å²) in [5, 5.41) is 0. The normalized spacial score (nSPS) is 15.4. The second-order valence-electron chi connectivity index (χ2n) is 8.04. The molecule has 0 bridgehead atoms. The maximum atomic E-state index is 12.8. The van der Waals surface area contributed by atoms with Crippen LogP contribution in [0.25, 0.3) is 0 Å². The summed E-state index contributed by atoms with van der Waals surface area (Å²) in [6.07, 6.45) is 3.93. The molecule has 0 saturated carbocycles. The van der Waals surface area contributed by atoms with Gasteiger partial charge in [-0.25, -0.2) is 0 Å². The lowest BCUT2D eigenvalue weighted by Crippen LogP contribution is -2.36. The topological polar surface area (TPSA) is 21.7 Å². The van der Waals surface area contributed by atoms with Gasteiger partial charge in [-0.3, -0.25) is 9.29 Å². The minimum Gasteiger partial charge on any atom is -0.493 e. The fourth-order valence-corrected chi connectivity index (χ4v) is 3.94. The van der Waals surface area contributed by atoms with Gasteiger partial charge in [0.2, 0.25) is 0 Å². The number of hydrogen-bond acceptors (Lipinski definition) is 3. The van der Waals surface area contributed by atoms with Gasteiger partial charge in [-0.2, -0.15) is 0 Å². The van der Waals surface area contributed by atoms with Crippen molar-refractivity contribution in [3.05, 3.63) is 23.3 Å². The lowest BCUT2D eigenvalue weighted by atomic mass is 9.79. The summed E-state index contributed by atoms with van der Waals surface area (Å²) in [5.74, 6) is 2.23. The maximum Gasteiger partial charge on any atom is 0.161 e. The maximum absolute atomic E-state index is 12.8. The summed E-state index contributed by atoms with van der Waals surface area (Å²) >= 11 is 0. The molecule has 0 amide bonds. The zero-order chi connectivity index (χ0) is 20.4. The summed E-state index contributed by atoms with van der Waals surface area (Å²) in [5.41, 5.74) is 2.78. The highest BCUT2D eigenvalue weighted by Gasteiger charge is 2.26. The molecule has 0 radical (unpaired) electrons. The molecule has 0 aromatic heterocycles. The van der Waals surface area contributed by atoms with Crippen molar-refractivity contribution in [2.24, 2.45) is 11.3 Å². The summed E-state index contributed by atoms with van der Waals surface area (Å²) in [7, 11) is 3.37. The molecule has 2 rings (SSSR count). The number of nitrogens with zero attached hydrogens (tertiary/aromatic N) is 1. The van der Waals surface area contributed by atoms with Gasteiger partial charge in [0.15, 0.2) is 11.5 Å². The SMILES string of the molecule is CC.CCC(CN1CCc2cc(OC)c(OC)cc2C1)CC(C)(C)CCF. The van der Waals surface area contributed by atoms with Crippen molar-refractivity contribution in [2.75, 3.05) is 34.0 Å². The van der Waals surface area contributed by atoms with Crippen molar-refractivity contribution in [2.45, 2.75) is 66.8 Å². The predicted octanol–water partition coefficient (Wildman–Crippen LogP) is 5.89. The van der Waals surface area contributed by atoms with E-state index in [1.54, 1.807) is 14.2 Å². The Kier molecular flexibility index (Phi) is 10.1. The van der Waals surface area contributed by atoms with Gasteiger partial charge in [-0.15, -0.1) is 0 Å². The smallest absolute Gasteiger partial charge is 0.161 e. The Labute approximate surface area is 166 Å². The Balaban J connectivity index is 0.00000176. The first kappa shape index (κ1) is 23.7. The third-order valence-electron chi connectivity index (χ3n) is 5.50. The van der Waals surface area contributed by atoms with Crippen LogP contribution < -0.4 is 9.47 Å². The molecule has 27 heavy (non-hydrogen) atoms. The van der Waals surface area contributed by atoms with Crippen molar-refractivity contribution >= 4 is 0 Å². The Morgan fingerprint density at radius 1 is 1.11 bits per heavy atom. The van der Waals surface area contributed by atoms with E-state index in [0.717, 1.165) is 50.4 Å². The average Bonchev–Trinajstić information content (AvgIpc) is 2.67. The zero-order valence-electron chi connectivity index (χ0n) is 18.5. The Morgan fingerprint density at radius 3 is 2.22 bits per heavy atom. The fraction of sp³-hybridized carbons (Fsp3) is 0.739. The van der Waals surface area contributed by atoms with E-state index < -0.39 is 0 Å². The van der Waals surface area contributed by atoms with E-state index in [2.05, 4.69) is 37.8 Å². The molecule has 1 aliphatic heterocycles. The minimum atomic E-state index is -0.220. The number of fused-ring (bicyclic) bond motifs is 1. The molecule has 1 aromatic rings. The first-order valence-corrected chi connectivity index (χ1v) is 10.4. The number of methoxy groups -OCH3 is 2. The molecule has 0 fully saturated rings. The second-order valence-corrected chi connectivity index (χ2v) is 8.04. The minimum absolute atomic E-state index is 0.0830. The highest BCUT2D eigenvalue weighted by Crippen LogP contribution is 2.35. The zero-order valence-corrected chi connectivity index (χ0v) is 18.5. The van der Waals surface area contributed by atoms with Crippen LogP contribution in [0.15, 0.2) is 12.1 Å². The van der Waals surface area contributed by atoms with Crippen LogP contribution in [0.5, 0.6) is 11.5 Å². The van der Waals surface area contributed by atoms with Crippen molar-refractivity contribution < 1.29 is 13.9 Å². The number of halogens is 1. The van der Waals surface area contributed by atoms with Gasteiger partial charge in [0.25, 0.3) is 0 Å². The predicted molar refractivity (Wildman–Crippen MR) is 113 cm³/mol. The second kappa shape index (κ2) is 11.5. The van der Waals surface area contributed by atoms with E-state index in [1.165, 1.54) is 11.1 Å². The number of rotatable bonds is 9. The average molecular weight is 382 g/mol. The molecular weight excluding hydrogens is 341 g/mol. The van der Waals surface area contributed by atoms with Crippen LogP contribution in [0.4, 0.5) is 4.39 Å². The molecule has 1 aromatic carbocycles. The number of alkyl halides is 1. The molecule has 0 N–H and O–H groups in total. The number of ether oxygens (including phenoxy) is 2. The standard InChI is InChI=1S/C21H34FNO2.C2H6/c1-6-16(13-21(2,3)8-9-22)14-23-10-7-17-11-19(24-4)20(25-5)12-18(17)15-23;1-2/h11-12,16H,6-10,13-15H2,1-5H3;1-2H3. The van der Waals surface area contributed by atoms with Crippen molar-refractivity contribution in [3.8, 4) is 11.5 Å². The van der Waals surface area contributed by atoms with Crippen molar-refractivity contribution in [3.63, 3.8) is 0 Å². The first-order chi connectivity index (χ1) is 12.9. The highest BCUT2D eigenvalue weighted by molar-refractivity contribution is 5.48. The molecule has 1 heterocycles. The molecule has 3 nitrogen and oxygen atoms in total. The van der Waals surface area contributed by atoms with Gasteiger partial charge < -0.3 is 9.47 Å². The van der Waals surface area contributed by atoms with Gasteiger partial charge in [0.1, 0.15) is 0 Å². The lowest BCUT2D eigenvalue weighted by molar-refractivity contribution is 0.157. The summed E-state index contributed by atoms with van der Waals surface area (Å²) in [6.45, 7) is 13.5. The van der Waals surface area contributed by atoms with Gasteiger partial charge in [-0.05, 0) is 53.9 Å². The molecule has 0 saturated heterocycles. The van der Waals surface area contributed by atoms with Crippen LogP contribution in [-0.2, 0) is 13.0 Å². The molecule has 4 heteroatoms. The molecule has 1 unspecified atom stereocenters. The highest BCUT2D eigenvalue weighted by atomic mass is 19.1. The first-order valence-electron chi connectivity index (χ1n) is 10.4. The Bertz CT molecular complexity index is 560. The fourth-order valence-electron chi connectivity index (χ4n) is 3.94. The van der Waals surface area contributed by atoms with Crippen LogP contribution in [0.1, 0.15) is 65.0 Å². The van der Waals surface area contributed by atoms with Gasteiger partial charge in [0, 0.05) is 19.6 Å². The van der Waals surface area contributed by atoms with E-state index >= 15 is 0 Å². The Hall–Kier alpha value is -1.29. The van der Waals surface area contributed by atoms with Gasteiger partial charge in [0.05, 0.1) is 20.9 Å². The van der Waals surface area contributed by atoms with Crippen LogP contribution in [0, 0.1) is 11.3 Å². The molecule has 1 atom stereocenters. The monoisotopic (exact) mass is 381 g/mol. The Morgan fingerprint density at radius 2 is 1.70 bits per heavy atom. The summed E-state index contributed by atoms with van der Waals surface area (Å²) in [6, 6.07) is 4.24. The van der Waals surface area contributed by atoms with E-state index in [1.807, 2.05) is 13.8 Å². The number of hydrogen-bond donors (Lipinski definition) is 0.